The SMILES string of the molecule is CCC(CC)C(N)CNC(=O)NC(C)(C)C. The molecule has 0 bridgehead atoms. The Morgan fingerprint density at radius 2 is 1.75 bits per heavy atom. The van der Waals surface area contributed by atoms with Crippen LogP contribution in [0.4, 0.5) is 4.79 Å². The molecule has 0 rings (SSSR count). The van der Waals surface area contributed by atoms with Gasteiger partial charge in [0.05, 0.1) is 0 Å². The zero-order valence-electron chi connectivity index (χ0n) is 11.3. The van der Waals surface area contributed by atoms with Crippen LogP contribution in [0.25, 0.3) is 0 Å². The van der Waals surface area contributed by atoms with Crippen LogP contribution in [-0.2, 0) is 0 Å². The molecular weight excluding hydrogens is 202 g/mol. The fourth-order valence-electron chi connectivity index (χ4n) is 1.66. The van der Waals surface area contributed by atoms with E-state index in [0.717, 1.165) is 12.8 Å². The van der Waals surface area contributed by atoms with Gasteiger partial charge in [0.25, 0.3) is 0 Å². The third kappa shape index (κ3) is 6.67. The molecule has 0 heterocycles. The fourth-order valence-corrected chi connectivity index (χ4v) is 1.66. The molecule has 0 aromatic heterocycles. The average Bonchev–Trinajstić information content (AvgIpc) is 2.14. The molecule has 0 aliphatic rings. The Labute approximate surface area is 99.4 Å². The van der Waals surface area contributed by atoms with E-state index >= 15 is 0 Å². The van der Waals surface area contributed by atoms with E-state index in [0.29, 0.717) is 12.5 Å². The van der Waals surface area contributed by atoms with Crippen LogP contribution in [0.5, 0.6) is 0 Å². The summed E-state index contributed by atoms with van der Waals surface area (Å²) in [6.45, 7) is 10.6. The topological polar surface area (TPSA) is 67.1 Å². The number of carbonyl (C=O) groups excluding carboxylic acids is 1. The summed E-state index contributed by atoms with van der Waals surface area (Å²) in [5.41, 5.74) is 5.80. The van der Waals surface area contributed by atoms with E-state index in [-0.39, 0.29) is 17.6 Å². The van der Waals surface area contributed by atoms with Crippen LogP contribution in [0, 0.1) is 5.92 Å². The lowest BCUT2D eigenvalue weighted by atomic mass is 9.95. The molecule has 0 spiro atoms. The van der Waals surface area contributed by atoms with Gasteiger partial charge in [-0.2, -0.15) is 0 Å². The van der Waals surface area contributed by atoms with Crippen molar-refractivity contribution in [3.63, 3.8) is 0 Å². The predicted octanol–water partition coefficient (Wildman–Crippen LogP) is 1.85. The van der Waals surface area contributed by atoms with Crippen LogP contribution < -0.4 is 16.4 Å². The highest BCUT2D eigenvalue weighted by atomic mass is 16.2. The second-order valence-corrected chi connectivity index (χ2v) is 5.33. The second kappa shape index (κ2) is 6.74. The molecule has 0 aromatic carbocycles. The zero-order valence-corrected chi connectivity index (χ0v) is 11.3. The second-order valence-electron chi connectivity index (χ2n) is 5.33. The lowest BCUT2D eigenvalue weighted by Gasteiger charge is -2.24. The summed E-state index contributed by atoms with van der Waals surface area (Å²) < 4.78 is 0. The molecule has 0 aliphatic carbocycles. The Morgan fingerprint density at radius 1 is 1.25 bits per heavy atom. The van der Waals surface area contributed by atoms with Gasteiger partial charge in [0.2, 0.25) is 0 Å². The quantitative estimate of drug-likeness (QED) is 0.673. The van der Waals surface area contributed by atoms with Crippen LogP contribution in [-0.4, -0.2) is 24.2 Å². The third-order valence-electron chi connectivity index (χ3n) is 2.64. The zero-order chi connectivity index (χ0) is 12.8. The molecule has 1 unspecified atom stereocenters. The van der Waals surface area contributed by atoms with Gasteiger partial charge >= 0.3 is 6.03 Å². The lowest BCUT2D eigenvalue weighted by Crippen LogP contribution is -2.50. The molecule has 0 radical (unpaired) electrons. The molecule has 2 amide bonds. The lowest BCUT2D eigenvalue weighted by molar-refractivity contribution is 0.229. The highest BCUT2D eigenvalue weighted by molar-refractivity contribution is 5.74. The van der Waals surface area contributed by atoms with E-state index in [1.807, 2.05) is 20.8 Å². The van der Waals surface area contributed by atoms with Crippen molar-refractivity contribution < 1.29 is 4.79 Å². The van der Waals surface area contributed by atoms with Crippen molar-refractivity contribution in [1.82, 2.24) is 10.6 Å². The minimum absolute atomic E-state index is 0.0423. The first-order chi connectivity index (χ1) is 7.30. The van der Waals surface area contributed by atoms with Crippen molar-refractivity contribution in [2.24, 2.45) is 11.7 Å². The molecule has 0 aliphatic heterocycles. The Bertz CT molecular complexity index is 207. The van der Waals surface area contributed by atoms with Gasteiger partial charge in [-0.05, 0) is 26.7 Å². The van der Waals surface area contributed by atoms with Gasteiger partial charge in [0.15, 0.2) is 0 Å². The van der Waals surface area contributed by atoms with Crippen molar-refractivity contribution in [3.05, 3.63) is 0 Å². The summed E-state index contributed by atoms with van der Waals surface area (Å²) in [7, 11) is 0. The van der Waals surface area contributed by atoms with Gasteiger partial charge in [-0.3, -0.25) is 0 Å². The maximum absolute atomic E-state index is 11.5. The van der Waals surface area contributed by atoms with Crippen LogP contribution in [0.3, 0.4) is 0 Å². The van der Waals surface area contributed by atoms with Gasteiger partial charge in [-0.15, -0.1) is 0 Å². The van der Waals surface area contributed by atoms with E-state index in [9.17, 15) is 4.79 Å². The number of hydrogen-bond acceptors (Lipinski definition) is 2. The molecule has 16 heavy (non-hydrogen) atoms. The number of rotatable bonds is 5. The molecular formula is C12H27N3O. The molecule has 0 saturated carbocycles. The van der Waals surface area contributed by atoms with Crippen molar-refractivity contribution in [2.75, 3.05) is 6.54 Å². The van der Waals surface area contributed by atoms with Gasteiger partial charge < -0.3 is 16.4 Å². The highest BCUT2D eigenvalue weighted by Gasteiger charge is 2.17. The Kier molecular flexibility index (Phi) is 6.41. The standard InChI is InChI=1S/C12H27N3O/c1-6-9(7-2)10(13)8-14-11(16)15-12(3,4)5/h9-10H,6-8,13H2,1-5H3,(H2,14,15,16). The molecule has 96 valence electrons. The Balaban J connectivity index is 3.92. The van der Waals surface area contributed by atoms with Gasteiger partial charge in [-0.25, -0.2) is 4.79 Å². The number of carbonyl (C=O) groups is 1. The number of nitrogens with two attached hydrogens (primary N) is 1. The summed E-state index contributed by atoms with van der Waals surface area (Å²) in [6.07, 6.45) is 2.11. The van der Waals surface area contributed by atoms with Crippen molar-refractivity contribution >= 4 is 6.03 Å². The van der Waals surface area contributed by atoms with E-state index in [1.54, 1.807) is 0 Å². The molecule has 0 aromatic rings. The molecule has 4 nitrogen and oxygen atoms in total. The maximum atomic E-state index is 11.5. The van der Waals surface area contributed by atoms with Crippen molar-refractivity contribution in [1.29, 1.82) is 0 Å². The average molecular weight is 229 g/mol. The third-order valence-corrected chi connectivity index (χ3v) is 2.64. The van der Waals surface area contributed by atoms with E-state index < -0.39 is 0 Å². The van der Waals surface area contributed by atoms with E-state index in [1.165, 1.54) is 0 Å². The minimum atomic E-state index is -0.205. The molecule has 0 fully saturated rings. The first kappa shape index (κ1) is 15.2. The van der Waals surface area contributed by atoms with Crippen LogP contribution >= 0.6 is 0 Å². The van der Waals surface area contributed by atoms with Crippen molar-refractivity contribution in [2.45, 2.75) is 59.0 Å². The molecule has 4 N–H and O–H groups in total. The maximum Gasteiger partial charge on any atom is 0.315 e. The molecule has 4 heteroatoms. The van der Waals surface area contributed by atoms with Crippen molar-refractivity contribution in [3.8, 4) is 0 Å². The molecule has 1 atom stereocenters. The predicted molar refractivity (Wildman–Crippen MR) is 68.3 cm³/mol. The molecule has 0 saturated heterocycles. The highest BCUT2D eigenvalue weighted by Crippen LogP contribution is 2.10. The smallest absolute Gasteiger partial charge is 0.315 e. The van der Waals surface area contributed by atoms with E-state index in [2.05, 4.69) is 24.5 Å². The monoisotopic (exact) mass is 229 g/mol. The number of urea groups is 1. The summed E-state index contributed by atoms with van der Waals surface area (Å²) >= 11 is 0. The summed E-state index contributed by atoms with van der Waals surface area (Å²) in [5.74, 6) is 0.481. The summed E-state index contributed by atoms with van der Waals surface area (Å²) in [5, 5.41) is 5.66. The Hall–Kier alpha value is -0.770. The minimum Gasteiger partial charge on any atom is -0.337 e. The van der Waals surface area contributed by atoms with Crippen LogP contribution in [0.2, 0.25) is 0 Å². The first-order valence-corrected chi connectivity index (χ1v) is 6.11. The van der Waals surface area contributed by atoms with Gasteiger partial charge in [0, 0.05) is 18.1 Å². The number of nitrogens with one attached hydrogen (secondary N) is 2. The van der Waals surface area contributed by atoms with Gasteiger partial charge in [-0.1, -0.05) is 26.7 Å². The normalized spacial score (nSPS) is 13.7. The van der Waals surface area contributed by atoms with Crippen LogP contribution in [0.15, 0.2) is 0 Å². The van der Waals surface area contributed by atoms with Gasteiger partial charge in [0.1, 0.15) is 0 Å². The number of hydrogen-bond donors (Lipinski definition) is 3. The summed E-state index contributed by atoms with van der Waals surface area (Å²) in [4.78, 5) is 11.5. The van der Waals surface area contributed by atoms with Crippen LogP contribution in [0.1, 0.15) is 47.5 Å². The van der Waals surface area contributed by atoms with E-state index in [4.69, 9.17) is 5.73 Å². The largest absolute Gasteiger partial charge is 0.337 e. The Morgan fingerprint density at radius 3 is 2.12 bits per heavy atom. The first-order valence-electron chi connectivity index (χ1n) is 6.11. The summed E-state index contributed by atoms with van der Waals surface area (Å²) in [6, 6.07) is -0.102. The number of amides is 2. The fraction of sp³-hybridized carbons (Fsp3) is 0.917.